The van der Waals surface area contributed by atoms with Crippen molar-refractivity contribution >= 4 is 27.2 Å². The van der Waals surface area contributed by atoms with Crippen molar-refractivity contribution in [2.75, 3.05) is 16.4 Å². The lowest BCUT2D eigenvalue weighted by Gasteiger charge is -2.21. The number of non-ortho nitro benzene ring substituents is 1. The third-order valence-electron chi connectivity index (χ3n) is 3.52. The van der Waals surface area contributed by atoms with Gasteiger partial charge in [-0.15, -0.1) is 0 Å². The van der Waals surface area contributed by atoms with Gasteiger partial charge in [0.1, 0.15) is 0 Å². The number of hydrogen-bond acceptors (Lipinski definition) is 5. The highest BCUT2D eigenvalue weighted by Crippen LogP contribution is 2.30. The smallest absolute Gasteiger partial charge is 0.322 e. The molecule has 1 aromatic carbocycles. The Balaban J connectivity index is 1.93. The summed E-state index contributed by atoms with van der Waals surface area (Å²) in [5.41, 5.74) is 0.377. The number of amides is 2. The fourth-order valence-electron chi connectivity index (χ4n) is 2.64. The molecule has 2 amide bonds. The van der Waals surface area contributed by atoms with E-state index in [9.17, 15) is 23.3 Å². The van der Waals surface area contributed by atoms with E-state index in [1.165, 1.54) is 29.2 Å². The molecule has 2 atom stereocenters. The summed E-state index contributed by atoms with van der Waals surface area (Å²) >= 11 is 0. The number of nitrogens with zero attached hydrogens (tertiary/aromatic N) is 2. The van der Waals surface area contributed by atoms with Gasteiger partial charge in [0.05, 0.1) is 28.5 Å². The quantitative estimate of drug-likeness (QED) is 0.479. The number of nitro benzene ring substituents is 1. The minimum atomic E-state index is -3.16. The maximum Gasteiger partial charge on any atom is 0.322 e. The Morgan fingerprint density at radius 3 is 2.50 bits per heavy atom. The number of nitro groups is 1. The van der Waals surface area contributed by atoms with Crippen molar-refractivity contribution in [3.63, 3.8) is 0 Å². The Labute approximate surface area is 114 Å². The fraction of sp³-hybridized carbons (Fsp3) is 0.364. The van der Waals surface area contributed by atoms with E-state index in [-0.39, 0.29) is 23.2 Å². The number of hydrogen-bond donors (Lipinski definition) is 1. The van der Waals surface area contributed by atoms with Gasteiger partial charge in [0.2, 0.25) is 0 Å². The molecule has 3 rings (SSSR count). The summed E-state index contributed by atoms with van der Waals surface area (Å²) in [5, 5.41) is 13.2. The number of nitrogens with one attached hydrogen (secondary N) is 1. The summed E-state index contributed by atoms with van der Waals surface area (Å²) in [4.78, 5) is 23.3. The molecule has 2 heterocycles. The monoisotopic (exact) mass is 297 g/mol. The van der Waals surface area contributed by atoms with Crippen LogP contribution in [0.3, 0.4) is 0 Å². The first kappa shape index (κ1) is 12.9. The average molecular weight is 297 g/mol. The van der Waals surface area contributed by atoms with Crippen molar-refractivity contribution in [1.82, 2.24) is 5.32 Å². The van der Waals surface area contributed by atoms with Gasteiger partial charge in [-0.25, -0.2) is 13.2 Å². The molecule has 0 spiro atoms. The molecule has 1 aromatic rings. The molecule has 2 saturated heterocycles. The molecule has 2 fully saturated rings. The van der Waals surface area contributed by atoms with Crippen molar-refractivity contribution in [3.05, 3.63) is 34.4 Å². The molecule has 1 N–H and O–H groups in total. The van der Waals surface area contributed by atoms with Gasteiger partial charge in [-0.05, 0) is 12.1 Å². The highest BCUT2D eigenvalue weighted by molar-refractivity contribution is 7.91. The van der Waals surface area contributed by atoms with Crippen molar-refractivity contribution < 1.29 is 18.1 Å². The summed E-state index contributed by atoms with van der Waals surface area (Å²) < 4.78 is 23.2. The van der Waals surface area contributed by atoms with E-state index in [4.69, 9.17) is 0 Å². The van der Waals surface area contributed by atoms with E-state index in [2.05, 4.69) is 5.32 Å². The first-order chi connectivity index (χ1) is 9.37. The van der Waals surface area contributed by atoms with Crippen LogP contribution in [0.25, 0.3) is 0 Å². The normalized spacial score (nSPS) is 27.2. The molecule has 0 bridgehead atoms. The largest absolute Gasteiger partial charge is 0.332 e. The van der Waals surface area contributed by atoms with Crippen LogP contribution in [0.1, 0.15) is 0 Å². The van der Waals surface area contributed by atoms with Crippen LogP contribution >= 0.6 is 0 Å². The van der Waals surface area contributed by atoms with E-state index in [0.29, 0.717) is 5.69 Å². The highest BCUT2D eigenvalue weighted by atomic mass is 32.2. The molecule has 20 heavy (non-hydrogen) atoms. The lowest BCUT2D eigenvalue weighted by Crippen LogP contribution is -2.36. The maximum absolute atomic E-state index is 11.9. The lowest BCUT2D eigenvalue weighted by molar-refractivity contribution is -0.384. The Bertz CT molecular complexity index is 685. The molecule has 9 heteroatoms. The Morgan fingerprint density at radius 2 is 1.90 bits per heavy atom. The molecular weight excluding hydrogens is 286 g/mol. The molecular formula is C11H11N3O5S. The topological polar surface area (TPSA) is 110 Å². The van der Waals surface area contributed by atoms with Crippen LogP contribution in [0.15, 0.2) is 24.3 Å². The van der Waals surface area contributed by atoms with Crippen LogP contribution in [0.4, 0.5) is 16.2 Å². The van der Waals surface area contributed by atoms with Crippen LogP contribution in [-0.4, -0.2) is 43.0 Å². The second-order valence-corrected chi connectivity index (χ2v) is 7.00. The van der Waals surface area contributed by atoms with E-state index in [1.807, 2.05) is 0 Å². The van der Waals surface area contributed by atoms with Gasteiger partial charge >= 0.3 is 6.03 Å². The zero-order valence-corrected chi connectivity index (χ0v) is 11.0. The Morgan fingerprint density at radius 1 is 1.25 bits per heavy atom. The molecule has 2 aliphatic heterocycles. The zero-order valence-electron chi connectivity index (χ0n) is 10.2. The summed E-state index contributed by atoms with van der Waals surface area (Å²) in [7, 11) is -3.16. The van der Waals surface area contributed by atoms with Gasteiger partial charge in [-0.3, -0.25) is 15.0 Å². The van der Waals surface area contributed by atoms with Gasteiger partial charge in [-0.2, -0.15) is 0 Å². The number of urea groups is 1. The van der Waals surface area contributed by atoms with Crippen molar-refractivity contribution in [3.8, 4) is 0 Å². The lowest BCUT2D eigenvalue weighted by atomic mass is 10.1. The summed E-state index contributed by atoms with van der Waals surface area (Å²) in [6.07, 6.45) is 0. The molecule has 0 saturated carbocycles. The van der Waals surface area contributed by atoms with Crippen LogP contribution < -0.4 is 10.2 Å². The van der Waals surface area contributed by atoms with E-state index in [1.54, 1.807) is 0 Å². The predicted molar refractivity (Wildman–Crippen MR) is 70.3 cm³/mol. The molecule has 0 unspecified atom stereocenters. The molecule has 106 valence electrons. The standard InChI is InChI=1S/C11H11N3O5S/c15-11-12-9-5-20(18,19)6-10(9)13(11)7-1-3-8(4-2-7)14(16)17/h1-4,9-10H,5-6H2,(H,12,15)/t9-,10+/m1/s1. The summed E-state index contributed by atoms with van der Waals surface area (Å²) in [6.45, 7) is 0. The second-order valence-electron chi connectivity index (χ2n) is 4.84. The van der Waals surface area contributed by atoms with Crippen LogP contribution in [0, 0.1) is 10.1 Å². The van der Waals surface area contributed by atoms with Crippen molar-refractivity contribution in [1.29, 1.82) is 0 Å². The number of fused-ring (bicyclic) bond motifs is 1. The average Bonchev–Trinajstić information content (AvgIpc) is 2.79. The predicted octanol–water partition coefficient (Wildman–Crippen LogP) is 0.290. The van der Waals surface area contributed by atoms with Crippen LogP contribution in [0.5, 0.6) is 0 Å². The van der Waals surface area contributed by atoms with Gasteiger partial charge in [-0.1, -0.05) is 0 Å². The Kier molecular flexibility index (Phi) is 2.68. The zero-order chi connectivity index (χ0) is 14.5. The maximum atomic E-state index is 11.9. The molecule has 0 aromatic heterocycles. The number of rotatable bonds is 2. The first-order valence-electron chi connectivity index (χ1n) is 5.92. The van der Waals surface area contributed by atoms with E-state index < -0.39 is 26.8 Å². The van der Waals surface area contributed by atoms with Crippen LogP contribution in [-0.2, 0) is 9.84 Å². The number of carbonyl (C=O) groups is 1. The number of carbonyl (C=O) groups excluding carboxylic acids is 1. The minimum Gasteiger partial charge on any atom is -0.332 e. The molecule has 0 radical (unpaired) electrons. The van der Waals surface area contributed by atoms with Gasteiger partial charge in [0.25, 0.3) is 5.69 Å². The van der Waals surface area contributed by atoms with Crippen molar-refractivity contribution in [2.24, 2.45) is 0 Å². The molecule has 8 nitrogen and oxygen atoms in total. The molecule has 0 aliphatic carbocycles. The van der Waals surface area contributed by atoms with E-state index in [0.717, 1.165) is 0 Å². The number of anilines is 1. The third kappa shape index (κ3) is 1.99. The number of sulfone groups is 1. The van der Waals surface area contributed by atoms with Crippen molar-refractivity contribution in [2.45, 2.75) is 12.1 Å². The fourth-order valence-corrected chi connectivity index (χ4v) is 4.53. The summed E-state index contributed by atoms with van der Waals surface area (Å²) in [6, 6.07) is 4.25. The Hall–Kier alpha value is -2.16. The first-order valence-corrected chi connectivity index (χ1v) is 7.74. The third-order valence-corrected chi connectivity index (χ3v) is 5.24. The van der Waals surface area contributed by atoms with E-state index >= 15 is 0 Å². The highest BCUT2D eigenvalue weighted by Gasteiger charge is 2.49. The number of benzene rings is 1. The van der Waals surface area contributed by atoms with Gasteiger partial charge in [0.15, 0.2) is 9.84 Å². The second kappa shape index (κ2) is 4.17. The van der Waals surface area contributed by atoms with Gasteiger partial charge in [0, 0.05) is 17.8 Å². The molecule has 2 aliphatic rings. The SMILES string of the molecule is O=C1N[C@@H]2CS(=O)(=O)C[C@@H]2N1c1ccc([N+](=O)[O-])cc1. The van der Waals surface area contributed by atoms with Gasteiger partial charge < -0.3 is 5.32 Å². The van der Waals surface area contributed by atoms with Crippen LogP contribution in [0.2, 0.25) is 0 Å². The summed E-state index contributed by atoms with van der Waals surface area (Å²) in [5.74, 6) is -0.152. The minimum absolute atomic E-state index is 0.0626.